The molecule has 2 aliphatic carbocycles. The van der Waals surface area contributed by atoms with E-state index < -0.39 is 0 Å². The van der Waals surface area contributed by atoms with Crippen molar-refractivity contribution in [3.05, 3.63) is 32.6 Å². The van der Waals surface area contributed by atoms with Crippen molar-refractivity contribution in [2.75, 3.05) is 6.61 Å². The van der Waals surface area contributed by atoms with Crippen LogP contribution in [0.1, 0.15) is 37.7 Å². The number of aromatic nitrogens is 2. The molecule has 3 rings (SSSR count). The molecular weight excluding hydrogens is 268 g/mol. The molecule has 4 atom stereocenters. The minimum atomic E-state index is -0.314. The molecule has 0 aromatic carbocycles. The van der Waals surface area contributed by atoms with E-state index >= 15 is 0 Å². The fourth-order valence-electron chi connectivity index (χ4n) is 4.65. The molecule has 2 fully saturated rings. The standard InChI is InChI=1S/C16H24N2O3/c1-10-8-18(16(21)17-15(10)20)9-12-7-11-3-2-4-13(11)14(12)5-6-19/h8,11-14,19H,2-7,9H2,1H3,(H,17,20,21). The maximum Gasteiger partial charge on any atom is 0.328 e. The second kappa shape index (κ2) is 5.79. The molecule has 1 heterocycles. The van der Waals surface area contributed by atoms with Gasteiger partial charge in [-0.1, -0.05) is 12.8 Å². The van der Waals surface area contributed by atoms with E-state index in [1.807, 2.05) is 0 Å². The summed E-state index contributed by atoms with van der Waals surface area (Å²) in [5.41, 5.74) is -0.0386. The van der Waals surface area contributed by atoms with Gasteiger partial charge in [0.2, 0.25) is 0 Å². The number of aliphatic hydroxyl groups is 1. The van der Waals surface area contributed by atoms with Crippen LogP contribution in [0.2, 0.25) is 0 Å². The van der Waals surface area contributed by atoms with Crippen molar-refractivity contribution in [2.45, 2.75) is 45.6 Å². The normalized spacial score (nSPS) is 31.5. The first kappa shape index (κ1) is 14.6. The van der Waals surface area contributed by atoms with Crippen LogP contribution in [0.4, 0.5) is 0 Å². The highest BCUT2D eigenvalue weighted by molar-refractivity contribution is 5.02. The second-order valence-corrected chi connectivity index (χ2v) is 6.75. The van der Waals surface area contributed by atoms with Crippen LogP contribution in [-0.4, -0.2) is 21.3 Å². The Labute approximate surface area is 124 Å². The summed E-state index contributed by atoms with van der Waals surface area (Å²) < 4.78 is 1.65. The average molecular weight is 292 g/mol. The molecule has 0 radical (unpaired) electrons. The van der Waals surface area contributed by atoms with E-state index in [4.69, 9.17) is 0 Å². The molecule has 1 aromatic rings. The summed E-state index contributed by atoms with van der Waals surface area (Å²) in [7, 11) is 0. The molecule has 4 unspecified atom stereocenters. The Balaban J connectivity index is 1.82. The van der Waals surface area contributed by atoms with Crippen LogP contribution in [0.25, 0.3) is 0 Å². The first-order valence-electron chi connectivity index (χ1n) is 8.01. The third-order valence-corrected chi connectivity index (χ3v) is 5.56. The Hall–Kier alpha value is -1.36. The van der Waals surface area contributed by atoms with Crippen LogP contribution in [-0.2, 0) is 6.54 Å². The molecule has 2 aliphatic rings. The van der Waals surface area contributed by atoms with Crippen molar-refractivity contribution in [3.8, 4) is 0 Å². The molecule has 21 heavy (non-hydrogen) atoms. The zero-order valence-electron chi connectivity index (χ0n) is 12.5. The van der Waals surface area contributed by atoms with E-state index in [1.54, 1.807) is 17.7 Å². The van der Waals surface area contributed by atoms with Crippen molar-refractivity contribution in [2.24, 2.45) is 23.7 Å². The predicted octanol–water partition coefficient (Wildman–Crippen LogP) is 1.28. The third-order valence-electron chi connectivity index (χ3n) is 5.56. The number of rotatable bonds is 4. The Morgan fingerprint density at radius 3 is 2.95 bits per heavy atom. The average Bonchev–Trinajstić information content (AvgIpc) is 3.00. The lowest BCUT2D eigenvalue weighted by atomic mass is 9.85. The number of fused-ring (bicyclic) bond motifs is 1. The smallest absolute Gasteiger partial charge is 0.328 e. The van der Waals surface area contributed by atoms with Gasteiger partial charge in [0.15, 0.2) is 0 Å². The predicted molar refractivity (Wildman–Crippen MR) is 80.2 cm³/mol. The van der Waals surface area contributed by atoms with Gasteiger partial charge in [0.05, 0.1) is 0 Å². The highest BCUT2D eigenvalue weighted by Gasteiger charge is 2.44. The van der Waals surface area contributed by atoms with Crippen molar-refractivity contribution in [1.29, 1.82) is 0 Å². The molecular formula is C16H24N2O3. The zero-order valence-corrected chi connectivity index (χ0v) is 12.5. The highest BCUT2D eigenvalue weighted by atomic mass is 16.3. The van der Waals surface area contributed by atoms with Crippen LogP contribution in [0, 0.1) is 30.6 Å². The number of aryl methyl sites for hydroxylation is 1. The molecule has 2 saturated carbocycles. The van der Waals surface area contributed by atoms with Crippen LogP contribution in [0.3, 0.4) is 0 Å². The number of nitrogens with one attached hydrogen (secondary N) is 1. The minimum absolute atomic E-state index is 0.226. The topological polar surface area (TPSA) is 75.1 Å². The molecule has 0 spiro atoms. The third kappa shape index (κ3) is 2.71. The fraction of sp³-hybridized carbons (Fsp3) is 0.750. The van der Waals surface area contributed by atoms with Crippen LogP contribution >= 0.6 is 0 Å². The van der Waals surface area contributed by atoms with Crippen molar-refractivity contribution >= 4 is 0 Å². The zero-order chi connectivity index (χ0) is 15.0. The summed E-state index contributed by atoms with van der Waals surface area (Å²) in [6.07, 6.45) is 7.53. The van der Waals surface area contributed by atoms with Gasteiger partial charge in [-0.2, -0.15) is 0 Å². The quantitative estimate of drug-likeness (QED) is 0.878. The van der Waals surface area contributed by atoms with Gasteiger partial charge in [0.1, 0.15) is 0 Å². The Morgan fingerprint density at radius 2 is 2.19 bits per heavy atom. The number of aliphatic hydroxyl groups excluding tert-OH is 1. The monoisotopic (exact) mass is 292 g/mol. The van der Waals surface area contributed by atoms with Gasteiger partial charge in [-0.25, -0.2) is 4.79 Å². The van der Waals surface area contributed by atoms with Gasteiger partial charge in [-0.3, -0.25) is 9.78 Å². The first-order chi connectivity index (χ1) is 10.1. The Morgan fingerprint density at radius 1 is 1.38 bits per heavy atom. The number of H-pyrrole nitrogens is 1. The largest absolute Gasteiger partial charge is 0.396 e. The molecule has 1 aromatic heterocycles. The number of hydrogen-bond acceptors (Lipinski definition) is 3. The van der Waals surface area contributed by atoms with E-state index in [9.17, 15) is 14.7 Å². The second-order valence-electron chi connectivity index (χ2n) is 6.75. The van der Waals surface area contributed by atoms with Gasteiger partial charge in [0.25, 0.3) is 5.56 Å². The maximum atomic E-state index is 11.9. The molecule has 0 aliphatic heterocycles. The lowest BCUT2D eigenvalue weighted by molar-refractivity contribution is 0.192. The van der Waals surface area contributed by atoms with E-state index in [0.717, 1.165) is 24.7 Å². The van der Waals surface area contributed by atoms with E-state index in [1.165, 1.54) is 19.3 Å². The molecule has 5 nitrogen and oxygen atoms in total. The summed E-state index contributed by atoms with van der Waals surface area (Å²) in [4.78, 5) is 25.8. The molecule has 0 bridgehead atoms. The van der Waals surface area contributed by atoms with Crippen LogP contribution < -0.4 is 11.2 Å². The van der Waals surface area contributed by atoms with Crippen LogP contribution in [0.15, 0.2) is 15.8 Å². The van der Waals surface area contributed by atoms with Crippen molar-refractivity contribution in [3.63, 3.8) is 0 Å². The summed E-state index contributed by atoms with van der Waals surface area (Å²) in [5.74, 6) is 2.45. The summed E-state index contributed by atoms with van der Waals surface area (Å²) in [6.45, 7) is 2.61. The molecule has 0 saturated heterocycles. The lowest BCUT2D eigenvalue weighted by Gasteiger charge is -2.24. The van der Waals surface area contributed by atoms with Gasteiger partial charge >= 0.3 is 5.69 Å². The van der Waals surface area contributed by atoms with Crippen molar-refractivity contribution < 1.29 is 5.11 Å². The van der Waals surface area contributed by atoms with Crippen molar-refractivity contribution in [1.82, 2.24) is 9.55 Å². The van der Waals surface area contributed by atoms with Gasteiger partial charge in [-0.15, -0.1) is 0 Å². The summed E-state index contributed by atoms with van der Waals surface area (Å²) in [6, 6.07) is 0. The highest BCUT2D eigenvalue weighted by Crippen LogP contribution is 2.52. The number of nitrogens with zero attached hydrogens (tertiary/aromatic N) is 1. The molecule has 5 heteroatoms. The number of aromatic amines is 1. The van der Waals surface area contributed by atoms with Crippen LogP contribution in [0.5, 0.6) is 0 Å². The maximum absolute atomic E-state index is 11.9. The van der Waals surface area contributed by atoms with E-state index in [2.05, 4.69) is 4.98 Å². The minimum Gasteiger partial charge on any atom is -0.396 e. The summed E-state index contributed by atoms with van der Waals surface area (Å²) >= 11 is 0. The number of hydrogen-bond donors (Lipinski definition) is 2. The lowest BCUT2D eigenvalue weighted by Crippen LogP contribution is -2.33. The van der Waals surface area contributed by atoms with Gasteiger partial charge < -0.3 is 9.67 Å². The first-order valence-corrected chi connectivity index (χ1v) is 8.01. The summed E-state index contributed by atoms with van der Waals surface area (Å²) in [5, 5.41) is 9.35. The van der Waals surface area contributed by atoms with E-state index in [0.29, 0.717) is 23.9 Å². The SMILES string of the molecule is Cc1cn(CC2CC3CCCC3C2CCO)c(=O)[nH]c1=O. The molecule has 0 amide bonds. The molecule has 2 N–H and O–H groups in total. The van der Waals surface area contributed by atoms with Gasteiger partial charge in [0, 0.05) is 24.9 Å². The fourth-order valence-corrected chi connectivity index (χ4v) is 4.65. The Bertz CT molecular complexity index is 619. The van der Waals surface area contributed by atoms with E-state index in [-0.39, 0.29) is 17.9 Å². The molecule has 116 valence electrons. The van der Waals surface area contributed by atoms with Gasteiger partial charge in [-0.05, 0) is 49.9 Å². The Kier molecular flexibility index (Phi) is 4.02.